The molecule has 2 aromatic rings. The van der Waals surface area contributed by atoms with Crippen molar-refractivity contribution in [1.29, 1.82) is 0 Å². The number of pyridine rings is 1. The standard InChI is InChI=1S/C16H22N4O/c1-16(2)11-20(8-6-13(16)17)15(21)9-12-10-19-7-4-3-5-14(19)18-12/h3-5,7,10,13H,6,8-9,11,17H2,1-2H3. The van der Waals surface area contributed by atoms with Gasteiger partial charge in [-0.25, -0.2) is 4.98 Å². The minimum absolute atomic E-state index is 0.0210. The van der Waals surface area contributed by atoms with E-state index in [1.165, 1.54) is 0 Å². The third-order valence-electron chi connectivity index (χ3n) is 4.41. The van der Waals surface area contributed by atoms with Gasteiger partial charge in [0.15, 0.2) is 0 Å². The van der Waals surface area contributed by atoms with Crippen molar-refractivity contribution in [2.75, 3.05) is 13.1 Å². The van der Waals surface area contributed by atoms with Gasteiger partial charge in [-0.15, -0.1) is 0 Å². The lowest BCUT2D eigenvalue weighted by molar-refractivity contribution is -0.133. The molecule has 1 fully saturated rings. The number of fused-ring (bicyclic) bond motifs is 1. The summed E-state index contributed by atoms with van der Waals surface area (Å²) in [5, 5.41) is 0. The highest BCUT2D eigenvalue weighted by Crippen LogP contribution is 2.28. The van der Waals surface area contributed by atoms with E-state index in [9.17, 15) is 4.79 Å². The summed E-state index contributed by atoms with van der Waals surface area (Å²) >= 11 is 0. The molecule has 0 aliphatic carbocycles. The second kappa shape index (κ2) is 5.15. The van der Waals surface area contributed by atoms with Crippen LogP contribution in [0.25, 0.3) is 5.65 Å². The highest BCUT2D eigenvalue weighted by Gasteiger charge is 2.35. The Morgan fingerprint density at radius 2 is 2.29 bits per heavy atom. The molecule has 0 saturated carbocycles. The minimum Gasteiger partial charge on any atom is -0.342 e. The number of likely N-dealkylation sites (tertiary alicyclic amines) is 1. The second-order valence-electron chi connectivity index (χ2n) is 6.57. The Labute approximate surface area is 124 Å². The summed E-state index contributed by atoms with van der Waals surface area (Å²) in [6.07, 6.45) is 5.09. The molecule has 0 aromatic carbocycles. The number of amides is 1. The molecule has 1 atom stereocenters. The second-order valence-corrected chi connectivity index (χ2v) is 6.57. The summed E-state index contributed by atoms with van der Waals surface area (Å²) in [5.41, 5.74) is 7.80. The molecule has 3 rings (SSSR count). The van der Waals surface area contributed by atoms with Crippen LogP contribution in [0.4, 0.5) is 0 Å². The predicted octanol–water partition coefficient (Wildman–Crippen LogP) is 1.46. The predicted molar refractivity (Wildman–Crippen MR) is 81.8 cm³/mol. The molecule has 3 heterocycles. The third-order valence-corrected chi connectivity index (χ3v) is 4.41. The molecule has 5 heteroatoms. The summed E-state index contributed by atoms with van der Waals surface area (Å²) in [4.78, 5) is 18.9. The zero-order chi connectivity index (χ0) is 15.0. The van der Waals surface area contributed by atoms with Crippen molar-refractivity contribution in [3.05, 3.63) is 36.3 Å². The highest BCUT2D eigenvalue weighted by atomic mass is 16.2. The zero-order valence-electron chi connectivity index (χ0n) is 12.6. The van der Waals surface area contributed by atoms with Crippen LogP contribution < -0.4 is 5.73 Å². The molecular formula is C16H22N4O. The van der Waals surface area contributed by atoms with Crippen molar-refractivity contribution in [3.8, 4) is 0 Å². The van der Waals surface area contributed by atoms with E-state index in [-0.39, 0.29) is 17.4 Å². The van der Waals surface area contributed by atoms with Crippen molar-refractivity contribution < 1.29 is 4.79 Å². The van der Waals surface area contributed by atoms with Gasteiger partial charge in [0.05, 0.1) is 12.1 Å². The van der Waals surface area contributed by atoms with Crippen molar-refractivity contribution >= 4 is 11.6 Å². The fourth-order valence-corrected chi connectivity index (χ4v) is 2.93. The molecule has 21 heavy (non-hydrogen) atoms. The van der Waals surface area contributed by atoms with Crippen LogP contribution in [0.5, 0.6) is 0 Å². The molecule has 1 aliphatic heterocycles. The van der Waals surface area contributed by atoms with Gasteiger partial charge in [0.2, 0.25) is 5.91 Å². The van der Waals surface area contributed by atoms with Crippen LogP contribution in [-0.4, -0.2) is 39.3 Å². The van der Waals surface area contributed by atoms with E-state index in [2.05, 4.69) is 18.8 Å². The van der Waals surface area contributed by atoms with Gasteiger partial charge >= 0.3 is 0 Å². The lowest BCUT2D eigenvalue weighted by Gasteiger charge is -2.42. The van der Waals surface area contributed by atoms with Gasteiger partial charge in [-0.3, -0.25) is 4.79 Å². The topological polar surface area (TPSA) is 63.6 Å². The third kappa shape index (κ3) is 2.78. The number of carbonyl (C=O) groups excluding carboxylic acids is 1. The first-order valence-electron chi connectivity index (χ1n) is 7.42. The number of imidazole rings is 1. The lowest BCUT2D eigenvalue weighted by atomic mass is 9.79. The van der Waals surface area contributed by atoms with Crippen LogP contribution in [0.1, 0.15) is 26.0 Å². The van der Waals surface area contributed by atoms with E-state index >= 15 is 0 Å². The van der Waals surface area contributed by atoms with Gasteiger partial charge < -0.3 is 15.0 Å². The maximum Gasteiger partial charge on any atom is 0.228 e. The largest absolute Gasteiger partial charge is 0.342 e. The maximum atomic E-state index is 12.5. The van der Waals surface area contributed by atoms with Crippen LogP contribution in [0.2, 0.25) is 0 Å². The van der Waals surface area contributed by atoms with Crippen LogP contribution >= 0.6 is 0 Å². The molecule has 112 valence electrons. The van der Waals surface area contributed by atoms with E-state index in [0.29, 0.717) is 6.42 Å². The van der Waals surface area contributed by atoms with Gasteiger partial charge in [-0.2, -0.15) is 0 Å². The average molecular weight is 286 g/mol. The molecule has 0 spiro atoms. The number of nitrogens with zero attached hydrogens (tertiary/aromatic N) is 3. The van der Waals surface area contributed by atoms with E-state index in [1.807, 2.05) is 39.9 Å². The van der Waals surface area contributed by atoms with E-state index in [0.717, 1.165) is 30.9 Å². The quantitative estimate of drug-likeness (QED) is 0.909. The van der Waals surface area contributed by atoms with Crippen LogP contribution in [0, 0.1) is 5.41 Å². The monoisotopic (exact) mass is 286 g/mol. The summed E-state index contributed by atoms with van der Waals surface area (Å²) in [7, 11) is 0. The van der Waals surface area contributed by atoms with Crippen molar-refractivity contribution in [3.63, 3.8) is 0 Å². The SMILES string of the molecule is CC1(C)CN(C(=O)Cc2cn3ccccc3n2)CCC1N. The molecule has 5 nitrogen and oxygen atoms in total. The molecule has 2 N–H and O–H groups in total. The normalized spacial score (nSPS) is 21.7. The molecular weight excluding hydrogens is 264 g/mol. The van der Waals surface area contributed by atoms with E-state index in [4.69, 9.17) is 5.73 Å². The van der Waals surface area contributed by atoms with Gasteiger partial charge in [-0.1, -0.05) is 19.9 Å². The Morgan fingerprint density at radius 3 is 3.00 bits per heavy atom. The fourth-order valence-electron chi connectivity index (χ4n) is 2.93. The molecule has 1 aliphatic rings. The molecule has 0 radical (unpaired) electrons. The van der Waals surface area contributed by atoms with Crippen LogP contribution in [0.3, 0.4) is 0 Å². The van der Waals surface area contributed by atoms with Crippen molar-refractivity contribution in [2.24, 2.45) is 11.1 Å². The van der Waals surface area contributed by atoms with Gasteiger partial charge in [0.25, 0.3) is 0 Å². The number of nitrogens with two attached hydrogens (primary N) is 1. The Morgan fingerprint density at radius 1 is 1.48 bits per heavy atom. The number of aromatic nitrogens is 2. The molecule has 1 amide bonds. The Hall–Kier alpha value is -1.88. The fraction of sp³-hybridized carbons (Fsp3) is 0.500. The summed E-state index contributed by atoms with van der Waals surface area (Å²) in [5.74, 6) is 0.137. The molecule has 1 unspecified atom stereocenters. The van der Waals surface area contributed by atoms with E-state index in [1.54, 1.807) is 0 Å². The summed E-state index contributed by atoms with van der Waals surface area (Å²) in [6, 6.07) is 6.01. The van der Waals surface area contributed by atoms with Gasteiger partial charge in [0, 0.05) is 31.5 Å². The van der Waals surface area contributed by atoms with E-state index < -0.39 is 0 Å². The molecule has 1 saturated heterocycles. The first-order chi connectivity index (χ1) is 9.95. The first-order valence-corrected chi connectivity index (χ1v) is 7.42. The van der Waals surface area contributed by atoms with Crippen molar-refractivity contribution in [2.45, 2.75) is 32.7 Å². The number of rotatable bonds is 2. The Kier molecular flexibility index (Phi) is 3.45. The number of hydrogen-bond acceptors (Lipinski definition) is 3. The molecule has 2 aromatic heterocycles. The number of piperidine rings is 1. The van der Waals surface area contributed by atoms with Crippen LogP contribution in [0.15, 0.2) is 30.6 Å². The lowest BCUT2D eigenvalue weighted by Crippen LogP contribution is -2.54. The Bertz CT molecular complexity index is 628. The Balaban J connectivity index is 1.71. The average Bonchev–Trinajstić information content (AvgIpc) is 2.83. The maximum absolute atomic E-state index is 12.5. The highest BCUT2D eigenvalue weighted by molar-refractivity contribution is 5.78. The molecule has 0 bridgehead atoms. The zero-order valence-corrected chi connectivity index (χ0v) is 12.6. The van der Waals surface area contributed by atoms with Gasteiger partial charge in [0.1, 0.15) is 5.65 Å². The van der Waals surface area contributed by atoms with Crippen molar-refractivity contribution in [1.82, 2.24) is 14.3 Å². The summed E-state index contributed by atoms with van der Waals surface area (Å²) < 4.78 is 1.94. The first kappa shape index (κ1) is 14.1. The minimum atomic E-state index is -0.0210. The summed E-state index contributed by atoms with van der Waals surface area (Å²) in [6.45, 7) is 5.72. The number of carbonyl (C=O) groups is 1. The van der Waals surface area contributed by atoms with Crippen LogP contribution in [-0.2, 0) is 11.2 Å². The van der Waals surface area contributed by atoms with Gasteiger partial charge in [-0.05, 0) is 24.0 Å². The number of hydrogen-bond donors (Lipinski definition) is 1. The smallest absolute Gasteiger partial charge is 0.228 e.